The molecule has 2 N–H and O–H groups in total. The zero-order valence-electron chi connectivity index (χ0n) is 10.2. The summed E-state index contributed by atoms with van der Waals surface area (Å²) in [4.78, 5) is 0. The van der Waals surface area contributed by atoms with Crippen LogP contribution in [0, 0.1) is 5.82 Å². The van der Waals surface area contributed by atoms with Gasteiger partial charge in [0.2, 0.25) is 0 Å². The predicted molar refractivity (Wildman–Crippen MR) is 83.6 cm³/mol. The van der Waals surface area contributed by atoms with E-state index in [1.54, 1.807) is 12.1 Å². The molecule has 0 amide bonds. The Kier molecular flexibility index (Phi) is 5.13. The second-order valence-corrected chi connectivity index (χ2v) is 6.27. The summed E-state index contributed by atoms with van der Waals surface area (Å²) in [6, 6.07) is 12.8. The molecule has 0 saturated carbocycles. The van der Waals surface area contributed by atoms with Gasteiger partial charge in [-0.2, -0.15) is 0 Å². The van der Waals surface area contributed by atoms with Gasteiger partial charge in [-0.25, -0.2) is 4.39 Å². The normalized spacial score (nSPS) is 12.4. The van der Waals surface area contributed by atoms with Crippen molar-refractivity contribution in [2.75, 3.05) is 0 Å². The first-order chi connectivity index (χ1) is 9.06. The van der Waals surface area contributed by atoms with Crippen molar-refractivity contribution in [2.45, 2.75) is 18.9 Å². The number of benzene rings is 2. The zero-order chi connectivity index (χ0) is 13.8. The summed E-state index contributed by atoms with van der Waals surface area (Å²) in [6.45, 7) is 0. The molecule has 0 spiro atoms. The lowest BCUT2D eigenvalue weighted by molar-refractivity contribution is 0.583. The van der Waals surface area contributed by atoms with Gasteiger partial charge in [0, 0.05) is 15.0 Å². The van der Waals surface area contributed by atoms with E-state index >= 15 is 0 Å². The van der Waals surface area contributed by atoms with E-state index in [4.69, 9.17) is 5.73 Å². The van der Waals surface area contributed by atoms with E-state index in [0.717, 1.165) is 14.5 Å². The van der Waals surface area contributed by atoms with Crippen molar-refractivity contribution in [3.63, 3.8) is 0 Å². The van der Waals surface area contributed by atoms with E-state index in [-0.39, 0.29) is 11.9 Å². The van der Waals surface area contributed by atoms with Crippen LogP contribution in [0.4, 0.5) is 4.39 Å². The van der Waals surface area contributed by atoms with Crippen LogP contribution in [0.3, 0.4) is 0 Å². The minimum absolute atomic E-state index is 0.109. The van der Waals surface area contributed by atoms with Gasteiger partial charge >= 0.3 is 0 Å². The van der Waals surface area contributed by atoms with E-state index in [2.05, 4.69) is 31.9 Å². The van der Waals surface area contributed by atoms with Crippen LogP contribution in [0.1, 0.15) is 11.1 Å². The monoisotopic (exact) mass is 385 g/mol. The van der Waals surface area contributed by atoms with Crippen molar-refractivity contribution >= 4 is 31.9 Å². The molecule has 0 saturated heterocycles. The fourth-order valence-electron chi connectivity index (χ4n) is 2.00. The minimum atomic E-state index is -0.203. The molecule has 2 aromatic carbocycles. The Balaban J connectivity index is 2.07. The fraction of sp³-hybridized carbons (Fsp3) is 0.200. The van der Waals surface area contributed by atoms with Crippen LogP contribution in [0.2, 0.25) is 0 Å². The summed E-state index contributed by atoms with van der Waals surface area (Å²) < 4.78 is 15.6. The quantitative estimate of drug-likeness (QED) is 0.824. The van der Waals surface area contributed by atoms with Crippen LogP contribution in [0.15, 0.2) is 51.4 Å². The van der Waals surface area contributed by atoms with Crippen molar-refractivity contribution in [2.24, 2.45) is 5.73 Å². The van der Waals surface area contributed by atoms with Gasteiger partial charge in [0.05, 0.1) is 0 Å². The van der Waals surface area contributed by atoms with Gasteiger partial charge in [-0.15, -0.1) is 0 Å². The number of hydrogen-bond acceptors (Lipinski definition) is 1. The highest BCUT2D eigenvalue weighted by Gasteiger charge is 2.11. The molecule has 0 fully saturated rings. The van der Waals surface area contributed by atoms with Gasteiger partial charge in [0.15, 0.2) is 0 Å². The van der Waals surface area contributed by atoms with Crippen molar-refractivity contribution in [3.8, 4) is 0 Å². The second kappa shape index (κ2) is 6.64. The van der Waals surface area contributed by atoms with E-state index < -0.39 is 0 Å². The Morgan fingerprint density at radius 2 is 1.68 bits per heavy atom. The van der Waals surface area contributed by atoms with Crippen LogP contribution >= 0.6 is 31.9 Å². The van der Waals surface area contributed by atoms with Crippen molar-refractivity contribution in [1.82, 2.24) is 0 Å². The van der Waals surface area contributed by atoms with E-state index in [9.17, 15) is 4.39 Å². The van der Waals surface area contributed by atoms with Gasteiger partial charge in [0.1, 0.15) is 5.82 Å². The Bertz CT molecular complexity index is 572. The van der Waals surface area contributed by atoms with Crippen LogP contribution in [-0.2, 0) is 12.8 Å². The number of rotatable bonds is 4. The maximum Gasteiger partial charge on any atom is 0.126 e. The standard InChI is InChI=1S/C15H14Br2FN/c16-12-5-6-15(18)11(7-12)9-13(19)8-10-3-1-2-4-14(10)17/h1-7,13H,8-9,19H2. The molecule has 0 bridgehead atoms. The Morgan fingerprint density at radius 3 is 2.42 bits per heavy atom. The van der Waals surface area contributed by atoms with Crippen molar-refractivity contribution in [1.29, 1.82) is 0 Å². The molecule has 1 atom stereocenters. The summed E-state index contributed by atoms with van der Waals surface area (Å²) in [6.07, 6.45) is 1.24. The average molecular weight is 387 g/mol. The predicted octanol–water partition coefficient (Wildman–Crippen LogP) is 4.46. The average Bonchev–Trinajstić information content (AvgIpc) is 2.37. The molecule has 0 aliphatic heterocycles. The van der Waals surface area contributed by atoms with Gasteiger partial charge < -0.3 is 5.73 Å². The van der Waals surface area contributed by atoms with Crippen molar-refractivity contribution in [3.05, 3.63) is 68.4 Å². The molecule has 0 aliphatic rings. The Labute approximate surface area is 129 Å². The smallest absolute Gasteiger partial charge is 0.126 e. The summed E-state index contributed by atoms with van der Waals surface area (Å²) in [7, 11) is 0. The fourth-order valence-corrected chi connectivity index (χ4v) is 2.86. The second-order valence-electron chi connectivity index (χ2n) is 4.50. The van der Waals surface area contributed by atoms with Crippen LogP contribution in [0.25, 0.3) is 0 Å². The van der Waals surface area contributed by atoms with Gasteiger partial charge in [-0.3, -0.25) is 0 Å². The van der Waals surface area contributed by atoms with Gasteiger partial charge in [-0.05, 0) is 48.2 Å². The Morgan fingerprint density at radius 1 is 1.00 bits per heavy atom. The molecule has 0 heterocycles. The lowest BCUT2D eigenvalue weighted by atomic mass is 9.99. The highest BCUT2D eigenvalue weighted by Crippen LogP contribution is 2.20. The summed E-state index contributed by atoms with van der Waals surface area (Å²) >= 11 is 6.85. The van der Waals surface area contributed by atoms with Gasteiger partial charge in [0.25, 0.3) is 0 Å². The lowest BCUT2D eigenvalue weighted by Crippen LogP contribution is -2.26. The van der Waals surface area contributed by atoms with Crippen LogP contribution < -0.4 is 5.73 Å². The zero-order valence-corrected chi connectivity index (χ0v) is 13.4. The molecule has 2 rings (SSSR count). The SMILES string of the molecule is NC(Cc1cc(Br)ccc1F)Cc1ccccc1Br. The summed E-state index contributed by atoms with van der Waals surface area (Å²) in [5.74, 6) is -0.203. The largest absolute Gasteiger partial charge is 0.327 e. The van der Waals surface area contributed by atoms with Gasteiger partial charge in [-0.1, -0.05) is 50.1 Å². The van der Waals surface area contributed by atoms with E-state index in [1.165, 1.54) is 6.07 Å². The number of nitrogens with two attached hydrogens (primary N) is 1. The third-order valence-corrected chi connectivity index (χ3v) is 4.20. The highest BCUT2D eigenvalue weighted by molar-refractivity contribution is 9.10. The molecular formula is C15H14Br2FN. The molecule has 1 unspecified atom stereocenters. The van der Waals surface area contributed by atoms with Crippen molar-refractivity contribution < 1.29 is 4.39 Å². The molecule has 19 heavy (non-hydrogen) atoms. The number of hydrogen-bond donors (Lipinski definition) is 1. The van der Waals surface area contributed by atoms with Crippen LogP contribution in [0.5, 0.6) is 0 Å². The minimum Gasteiger partial charge on any atom is -0.327 e. The summed E-state index contributed by atoms with van der Waals surface area (Å²) in [5, 5.41) is 0. The van der Waals surface area contributed by atoms with Crippen LogP contribution in [-0.4, -0.2) is 6.04 Å². The molecule has 0 aliphatic carbocycles. The molecule has 1 nitrogen and oxygen atoms in total. The van der Waals surface area contributed by atoms with E-state index in [1.807, 2.05) is 24.3 Å². The Hall–Kier alpha value is -0.710. The molecule has 0 radical (unpaired) electrons. The third-order valence-electron chi connectivity index (χ3n) is 2.93. The first kappa shape index (κ1) is 14.7. The molecule has 0 aromatic heterocycles. The maximum absolute atomic E-state index is 13.7. The maximum atomic E-state index is 13.7. The molecular weight excluding hydrogens is 373 g/mol. The highest BCUT2D eigenvalue weighted by atomic mass is 79.9. The first-order valence-electron chi connectivity index (χ1n) is 5.99. The molecule has 2 aromatic rings. The molecule has 4 heteroatoms. The molecule has 100 valence electrons. The van der Waals surface area contributed by atoms with E-state index in [0.29, 0.717) is 18.4 Å². The topological polar surface area (TPSA) is 26.0 Å². The first-order valence-corrected chi connectivity index (χ1v) is 7.58. The lowest BCUT2D eigenvalue weighted by Gasteiger charge is -2.13. The summed E-state index contributed by atoms with van der Waals surface area (Å²) in [5.41, 5.74) is 7.91. The number of halogens is 3. The third kappa shape index (κ3) is 4.13.